The number of aliphatic hydroxyl groups excluding tert-OH is 1. The van der Waals surface area contributed by atoms with Crippen molar-refractivity contribution in [3.63, 3.8) is 0 Å². The van der Waals surface area contributed by atoms with Crippen LogP contribution >= 0.6 is 0 Å². The van der Waals surface area contributed by atoms with Gasteiger partial charge in [-0.2, -0.15) is 0 Å². The Morgan fingerprint density at radius 3 is 2.88 bits per heavy atom. The average molecular weight is 218 g/mol. The van der Waals surface area contributed by atoms with E-state index in [1.807, 2.05) is 0 Å². The van der Waals surface area contributed by atoms with E-state index in [0.717, 1.165) is 29.7 Å². The molecule has 1 aromatic heterocycles. The van der Waals surface area contributed by atoms with Crippen molar-refractivity contribution in [2.24, 2.45) is 0 Å². The molecule has 16 heavy (non-hydrogen) atoms. The van der Waals surface area contributed by atoms with Crippen LogP contribution < -0.4 is 0 Å². The van der Waals surface area contributed by atoms with E-state index in [2.05, 4.69) is 42.0 Å². The molecule has 0 fully saturated rings. The number of rotatable bonds is 4. The van der Waals surface area contributed by atoms with Crippen LogP contribution in [-0.2, 0) is 6.42 Å². The van der Waals surface area contributed by atoms with Gasteiger partial charge in [0.1, 0.15) is 5.82 Å². The van der Waals surface area contributed by atoms with E-state index < -0.39 is 0 Å². The molecule has 0 radical (unpaired) electrons. The molecule has 0 unspecified atom stereocenters. The second-order valence-electron chi connectivity index (χ2n) is 4.44. The third-order valence-corrected chi connectivity index (χ3v) is 2.79. The summed E-state index contributed by atoms with van der Waals surface area (Å²) >= 11 is 0. The first kappa shape index (κ1) is 11.1. The van der Waals surface area contributed by atoms with Crippen molar-refractivity contribution in [1.82, 2.24) is 9.97 Å². The van der Waals surface area contributed by atoms with Crippen molar-refractivity contribution < 1.29 is 5.11 Å². The molecule has 1 aromatic carbocycles. The third-order valence-electron chi connectivity index (χ3n) is 2.79. The fourth-order valence-electron chi connectivity index (χ4n) is 1.80. The minimum Gasteiger partial charge on any atom is -0.396 e. The largest absolute Gasteiger partial charge is 0.396 e. The molecule has 1 heterocycles. The lowest BCUT2D eigenvalue weighted by molar-refractivity contribution is 0.287. The molecule has 3 nitrogen and oxygen atoms in total. The quantitative estimate of drug-likeness (QED) is 0.828. The SMILES string of the molecule is CC(C)c1ccc2nc(CCCO)[nH]c2c1. The lowest BCUT2D eigenvalue weighted by Crippen LogP contribution is -1.90. The molecule has 0 spiro atoms. The van der Waals surface area contributed by atoms with Crippen LogP contribution in [0.5, 0.6) is 0 Å². The smallest absolute Gasteiger partial charge is 0.107 e. The van der Waals surface area contributed by atoms with Gasteiger partial charge in [0.15, 0.2) is 0 Å². The van der Waals surface area contributed by atoms with E-state index in [0.29, 0.717) is 5.92 Å². The first-order valence-electron chi connectivity index (χ1n) is 5.80. The van der Waals surface area contributed by atoms with Gasteiger partial charge >= 0.3 is 0 Å². The zero-order valence-corrected chi connectivity index (χ0v) is 9.83. The fraction of sp³-hybridized carbons (Fsp3) is 0.462. The van der Waals surface area contributed by atoms with Gasteiger partial charge in [-0.05, 0) is 30.0 Å². The monoisotopic (exact) mass is 218 g/mol. The average Bonchev–Trinajstić information content (AvgIpc) is 2.67. The van der Waals surface area contributed by atoms with Gasteiger partial charge in [-0.3, -0.25) is 0 Å². The molecule has 2 N–H and O–H groups in total. The maximum absolute atomic E-state index is 8.78. The fourth-order valence-corrected chi connectivity index (χ4v) is 1.80. The number of nitrogens with one attached hydrogen (secondary N) is 1. The maximum Gasteiger partial charge on any atom is 0.107 e. The summed E-state index contributed by atoms with van der Waals surface area (Å²) in [7, 11) is 0. The number of nitrogens with zero attached hydrogens (tertiary/aromatic N) is 1. The topological polar surface area (TPSA) is 48.9 Å². The molecule has 0 atom stereocenters. The summed E-state index contributed by atoms with van der Waals surface area (Å²) in [6.07, 6.45) is 1.57. The molecule has 0 aliphatic carbocycles. The number of benzene rings is 1. The Morgan fingerprint density at radius 1 is 1.38 bits per heavy atom. The van der Waals surface area contributed by atoms with Gasteiger partial charge in [0, 0.05) is 13.0 Å². The molecular formula is C13H18N2O. The molecule has 3 heteroatoms. The van der Waals surface area contributed by atoms with Gasteiger partial charge in [-0.1, -0.05) is 19.9 Å². The van der Waals surface area contributed by atoms with Gasteiger partial charge in [-0.15, -0.1) is 0 Å². The van der Waals surface area contributed by atoms with Gasteiger partial charge in [0.05, 0.1) is 11.0 Å². The third kappa shape index (κ3) is 2.25. The van der Waals surface area contributed by atoms with E-state index in [1.165, 1.54) is 5.56 Å². The van der Waals surface area contributed by atoms with E-state index in [4.69, 9.17) is 5.11 Å². The lowest BCUT2D eigenvalue weighted by Gasteiger charge is -2.03. The van der Waals surface area contributed by atoms with E-state index in [1.54, 1.807) is 0 Å². The molecule has 2 rings (SSSR count). The van der Waals surface area contributed by atoms with Crippen LogP contribution in [0.25, 0.3) is 11.0 Å². The van der Waals surface area contributed by atoms with Crippen LogP contribution in [0.2, 0.25) is 0 Å². The number of imidazole rings is 1. The minimum atomic E-state index is 0.217. The Hall–Kier alpha value is -1.35. The van der Waals surface area contributed by atoms with Crippen LogP contribution in [0.4, 0.5) is 0 Å². The highest BCUT2D eigenvalue weighted by molar-refractivity contribution is 5.76. The Bertz CT molecular complexity index is 474. The molecule has 0 aliphatic heterocycles. The molecule has 0 bridgehead atoms. The summed E-state index contributed by atoms with van der Waals surface area (Å²) in [5, 5.41) is 8.78. The number of aromatic nitrogens is 2. The van der Waals surface area contributed by atoms with Crippen molar-refractivity contribution in [1.29, 1.82) is 0 Å². The van der Waals surface area contributed by atoms with Crippen molar-refractivity contribution in [3.05, 3.63) is 29.6 Å². The summed E-state index contributed by atoms with van der Waals surface area (Å²) in [5.74, 6) is 1.50. The number of aliphatic hydroxyl groups is 1. The number of hydrogen-bond acceptors (Lipinski definition) is 2. The van der Waals surface area contributed by atoms with Crippen molar-refractivity contribution in [2.45, 2.75) is 32.6 Å². The summed E-state index contributed by atoms with van der Waals surface area (Å²) < 4.78 is 0. The standard InChI is InChI=1S/C13H18N2O/c1-9(2)10-5-6-11-12(8-10)15-13(14-11)4-3-7-16/h5-6,8-9,16H,3-4,7H2,1-2H3,(H,14,15). The maximum atomic E-state index is 8.78. The van der Waals surface area contributed by atoms with E-state index in [-0.39, 0.29) is 6.61 Å². The minimum absolute atomic E-state index is 0.217. The normalized spacial score (nSPS) is 11.5. The summed E-state index contributed by atoms with van der Waals surface area (Å²) in [6.45, 7) is 4.59. The Morgan fingerprint density at radius 2 is 2.19 bits per heavy atom. The number of aromatic amines is 1. The molecule has 0 amide bonds. The molecule has 0 saturated carbocycles. The first-order chi connectivity index (χ1) is 7.70. The number of fused-ring (bicyclic) bond motifs is 1. The highest BCUT2D eigenvalue weighted by Crippen LogP contribution is 2.20. The molecular weight excluding hydrogens is 200 g/mol. The van der Waals surface area contributed by atoms with Crippen LogP contribution in [0, 0.1) is 0 Å². The summed E-state index contributed by atoms with van der Waals surface area (Å²) in [5.41, 5.74) is 3.43. The van der Waals surface area contributed by atoms with Crippen molar-refractivity contribution >= 4 is 11.0 Å². The number of hydrogen-bond donors (Lipinski definition) is 2. The van der Waals surface area contributed by atoms with Gasteiger partial charge in [0.25, 0.3) is 0 Å². The van der Waals surface area contributed by atoms with E-state index >= 15 is 0 Å². The second-order valence-corrected chi connectivity index (χ2v) is 4.44. The van der Waals surface area contributed by atoms with E-state index in [9.17, 15) is 0 Å². The number of H-pyrrole nitrogens is 1. The van der Waals surface area contributed by atoms with Crippen molar-refractivity contribution in [2.75, 3.05) is 6.61 Å². The van der Waals surface area contributed by atoms with Crippen LogP contribution in [0.3, 0.4) is 0 Å². The van der Waals surface area contributed by atoms with Crippen LogP contribution in [0.15, 0.2) is 18.2 Å². The second kappa shape index (κ2) is 4.66. The van der Waals surface area contributed by atoms with Gasteiger partial charge in [-0.25, -0.2) is 4.98 Å². The molecule has 86 valence electrons. The predicted molar refractivity (Wildman–Crippen MR) is 65.6 cm³/mol. The van der Waals surface area contributed by atoms with Crippen LogP contribution in [0.1, 0.15) is 37.6 Å². The van der Waals surface area contributed by atoms with Crippen LogP contribution in [-0.4, -0.2) is 21.7 Å². The lowest BCUT2D eigenvalue weighted by atomic mass is 10.0. The Balaban J connectivity index is 2.30. The molecule has 0 saturated heterocycles. The van der Waals surface area contributed by atoms with Gasteiger partial charge < -0.3 is 10.1 Å². The zero-order valence-electron chi connectivity index (χ0n) is 9.83. The highest BCUT2D eigenvalue weighted by Gasteiger charge is 2.05. The Kier molecular flexibility index (Phi) is 3.25. The summed E-state index contributed by atoms with van der Waals surface area (Å²) in [4.78, 5) is 7.79. The predicted octanol–water partition coefficient (Wildman–Crippen LogP) is 2.61. The van der Waals surface area contributed by atoms with Crippen molar-refractivity contribution in [3.8, 4) is 0 Å². The first-order valence-corrected chi connectivity index (χ1v) is 5.80. The molecule has 0 aliphatic rings. The summed E-state index contributed by atoms with van der Waals surface area (Å²) in [6, 6.07) is 6.35. The Labute approximate surface area is 95.5 Å². The molecule has 2 aromatic rings. The van der Waals surface area contributed by atoms with Gasteiger partial charge in [0.2, 0.25) is 0 Å². The zero-order chi connectivity index (χ0) is 11.5. The number of aryl methyl sites for hydroxylation is 1. The highest BCUT2D eigenvalue weighted by atomic mass is 16.2.